The molecule has 0 aliphatic carbocycles. The van der Waals surface area contributed by atoms with Gasteiger partial charge in [-0.25, -0.2) is 0 Å². The van der Waals surface area contributed by atoms with E-state index in [4.69, 9.17) is 14.2 Å². The Bertz CT molecular complexity index is 1640. The number of nitrogens with one attached hydrogen (secondary N) is 1. The van der Waals surface area contributed by atoms with Crippen LogP contribution in [0, 0.1) is 0 Å². The first-order chi connectivity index (χ1) is 35.7. The molecule has 6 N–H and O–H groups in total. The van der Waals surface area contributed by atoms with Crippen LogP contribution < -0.4 is 5.32 Å². The number of amides is 1. The number of ether oxygens (including phenoxy) is 3. The Kier molecular flexibility index (Phi) is 45.0. The maximum atomic E-state index is 13.3. The van der Waals surface area contributed by atoms with Crippen molar-refractivity contribution in [3.63, 3.8) is 0 Å². The molecule has 8 unspecified atom stereocenters. The lowest BCUT2D eigenvalue weighted by Gasteiger charge is -2.41. The highest BCUT2D eigenvalue weighted by Gasteiger charge is 2.47. The predicted molar refractivity (Wildman–Crippen MR) is 301 cm³/mol. The molecular formula is C62H101NO10. The van der Waals surface area contributed by atoms with E-state index in [2.05, 4.69) is 123 Å². The summed E-state index contributed by atoms with van der Waals surface area (Å²) < 4.78 is 17.5. The molecule has 1 aliphatic rings. The standard InChI is InChI=1S/C62H101NO10/c1-4-7-10-13-16-19-22-25-26-27-28-29-30-32-35-38-41-44-47-50-57(67)73-60-59(69)58(68)56(51-64)72-62(60)71-52-53(54(65)48-45-42-39-36-33-24-21-18-15-12-9-6-3)63-61(70)55(66)49-46-43-40-37-34-31-23-20-17-14-11-8-5-2/h7-8,10-11,16-17,19-20,25-26,28-29,31-32,34-35,41,44-45,48,53-56,58-60,62,64-66,68-69H,4-6,9,12-15,18,21-24,27,30,33,36-40,42-43,46-47,49-52H2,1-3H3,(H,63,70)/b10-7-,11-8+,19-16-,20-17+,26-25-,29-28-,34-31+,35-32-,44-41-,48-45+. The molecule has 1 fully saturated rings. The quantitative estimate of drug-likeness (QED) is 0.0196. The molecular weight excluding hydrogens is 919 g/mol. The van der Waals surface area contributed by atoms with E-state index in [1.54, 1.807) is 6.08 Å². The van der Waals surface area contributed by atoms with Crippen molar-refractivity contribution >= 4 is 11.9 Å². The third-order valence-corrected chi connectivity index (χ3v) is 12.4. The van der Waals surface area contributed by atoms with E-state index in [1.807, 2.05) is 18.2 Å². The number of hydrogen-bond acceptors (Lipinski definition) is 10. The molecule has 0 aromatic rings. The van der Waals surface area contributed by atoms with Crippen LogP contribution in [-0.2, 0) is 23.8 Å². The summed E-state index contributed by atoms with van der Waals surface area (Å²) in [6.45, 7) is 5.47. The summed E-state index contributed by atoms with van der Waals surface area (Å²) in [5.41, 5.74) is 0. The van der Waals surface area contributed by atoms with E-state index in [0.717, 1.165) is 96.3 Å². The van der Waals surface area contributed by atoms with Crippen molar-refractivity contribution in [2.75, 3.05) is 13.2 Å². The highest BCUT2D eigenvalue weighted by atomic mass is 16.7. The number of esters is 1. The smallest absolute Gasteiger partial charge is 0.306 e. The molecule has 0 bridgehead atoms. The van der Waals surface area contributed by atoms with Gasteiger partial charge in [-0.15, -0.1) is 0 Å². The number of rotatable bonds is 45. The molecule has 73 heavy (non-hydrogen) atoms. The van der Waals surface area contributed by atoms with Crippen LogP contribution in [0.1, 0.15) is 194 Å². The molecule has 0 radical (unpaired) electrons. The molecule has 0 saturated carbocycles. The van der Waals surface area contributed by atoms with Gasteiger partial charge in [-0.3, -0.25) is 9.59 Å². The average molecular weight is 1020 g/mol. The summed E-state index contributed by atoms with van der Waals surface area (Å²) in [7, 11) is 0. The van der Waals surface area contributed by atoms with Crippen LogP contribution in [0.4, 0.5) is 0 Å². The average Bonchev–Trinajstić information content (AvgIpc) is 3.39. The van der Waals surface area contributed by atoms with Gasteiger partial charge in [0.05, 0.1) is 25.4 Å². The van der Waals surface area contributed by atoms with Crippen molar-refractivity contribution in [3.05, 3.63) is 122 Å². The van der Waals surface area contributed by atoms with Crippen LogP contribution in [0.2, 0.25) is 0 Å². The fraction of sp³-hybridized carbons (Fsp3) is 0.645. The van der Waals surface area contributed by atoms with Gasteiger partial charge in [0.25, 0.3) is 0 Å². The van der Waals surface area contributed by atoms with Gasteiger partial charge in [0.15, 0.2) is 12.4 Å². The van der Waals surface area contributed by atoms with E-state index in [0.29, 0.717) is 19.3 Å². The zero-order valence-corrected chi connectivity index (χ0v) is 45.4. The summed E-state index contributed by atoms with van der Waals surface area (Å²) in [5.74, 6) is -1.32. The lowest BCUT2D eigenvalue weighted by molar-refractivity contribution is -0.305. The fourth-order valence-corrected chi connectivity index (χ4v) is 7.92. The summed E-state index contributed by atoms with van der Waals surface area (Å²) in [5, 5.41) is 56.7. The number of carbonyl (C=O) groups excluding carboxylic acids is 2. The van der Waals surface area contributed by atoms with Gasteiger partial charge in [0, 0.05) is 6.42 Å². The van der Waals surface area contributed by atoms with E-state index >= 15 is 0 Å². The molecule has 0 aromatic carbocycles. The van der Waals surface area contributed by atoms with Gasteiger partial charge in [-0.2, -0.15) is 0 Å². The Labute approximate surface area is 442 Å². The molecule has 1 aliphatic heterocycles. The molecule has 8 atom stereocenters. The number of aliphatic hydroxyl groups is 5. The van der Waals surface area contributed by atoms with Crippen LogP contribution in [0.5, 0.6) is 0 Å². The monoisotopic (exact) mass is 1020 g/mol. The number of carbonyl (C=O) groups is 2. The van der Waals surface area contributed by atoms with Crippen molar-refractivity contribution in [2.45, 2.75) is 243 Å². The SMILES string of the molecule is CC/C=C\C/C=C\C/C=C\C/C=C\C/C=C\C/C=C\CCC(=O)OC1C(OCC(NC(=O)C(O)CCCCC/C=C/C/C=C/C/C=C/CC)C(O)/C=C/CCCCCCCCCCCC)OC(CO)C(O)C1O. The second kappa shape index (κ2) is 49.0. The minimum Gasteiger partial charge on any atom is -0.454 e. The fourth-order valence-electron chi connectivity index (χ4n) is 7.92. The Balaban J connectivity index is 2.80. The first kappa shape index (κ1) is 67.1. The van der Waals surface area contributed by atoms with E-state index < -0.39 is 67.4 Å². The molecule has 1 heterocycles. The van der Waals surface area contributed by atoms with E-state index in [1.165, 1.54) is 44.9 Å². The summed E-state index contributed by atoms with van der Waals surface area (Å²) in [6, 6.07) is -1.06. The van der Waals surface area contributed by atoms with Crippen molar-refractivity contribution < 1.29 is 49.3 Å². The Hall–Kier alpha value is -3.94. The molecule has 414 valence electrons. The molecule has 0 spiro atoms. The predicted octanol–water partition coefficient (Wildman–Crippen LogP) is 12.7. The highest BCUT2D eigenvalue weighted by molar-refractivity contribution is 5.80. The molecule has 11 heteroatoms. The Morgan fingerprint density at radius 1 is 0.548 bits per heavy atom. The lowest BCUT2D eigenvalue weighted by atomic mass is 9.99. The first-order valence-electron chi connectivity index (χ1n) is 28.3. The number of unbranched alkanes of at least 4 members (excludes halogenated alkanes) is 13. The third kappa shape index (κ3) is 37.4. The van der Waals surface area contributed by atoms with E-state index in [-0.39, 0.29) is 19.4 Å². The van der Waals surface area contributed by atoms with Gasteiger partial charge in [-0.05, 0) is 96.3 Å². The van der Waals surface area contributed by atoms with Crippen LogP contribution in [-0.4, -0.2) is 99.6 Å². The molecule has 1 amide bonds. The van der Waals surface area contributed by atoms with Crippen LogP contribution in [0.25, 0.3) is 0 Å². The highest BCUT2D eigenvalue weighted by Crippen LogP contribution is 2.26. The Morgan fingerprint density at radius 2 is 0.986 bits per heavy atom. The van der Waals surface area contributed by atoms with Gasteiger partial charge in [0.1, 0.15) is 24.4 Å². The van der Waals surface area contributed by atoms with Crippen molar-refractivity contribution in [3.8, 4) is 0 Å². The molecule has 0 aromatic heterocycles. The third-order valence-electron chi connectivity index (χ3n) is 12.4. The number of aliphatic hydroxyl groups excluding tert-OH is 5. The largest absolute Gasteiger partial charge is 0.454 e. The summed E-state index contributed by atoms with van der Waals surface area (Å²) in [4.78, 5) is 26.4. The van der Waals surface area contributed by atoms with Crippen LogP contribution in [0.15, 0.2) is 122 Å². The van der Waals surface area contributed by atoms with Crippen molar-refractivity contribution in [2.24, 2.45) is 0 Å². The van der Waals surface area contributed by atoms with Gasteiger partial charge >= 0.3 is 5.97 Å². The van der Waals surface area contributed by atoms with Crippen molar-refractivity contribution in [1.82, 2.24) is 5.32 Å². The topological polar surface area (TPSA) is 175 Å². The Morgan fingerprint density at radius 3 is 1.48 bits per heavy atom. The molecule has 11 nitrogen and oxygen atoms in total. The number of allylic oxidation sites excluding steroid dienone is 19. The maximum Gasteiger partial charge on any atom is 0.306 e. The second-order valence-corrected chi connectivity index (χ2v) is 18.9. The van der Waals surface area contributed by atoms with Gasteiger partial charge < -0.3 is 45.1 Å². The lowest BCUT2D eigenvalue weighted by Crippen LogP contribution is -2.61. The normalized spacial score (nSPS) is 20.4. The molecule has 1 saturated heterocycles. The maximum absolute atomic E-state index is 13.3. The van der Waals surface area contributed by atoms with Crippen molar-refractivity contribution in [1.29, 1.82) is 0 Å². The minimum absolute atomic E-state index is 0.0114. The second-order valence-electron chi connectivity index (χ2n) is 18.9. The van der Waals surface area contributed by atoms with Gasteiger partial charge in [0.2, 0.25) is 5.91 Å². The van der Waals surface area contributed by atoms with E-state index in [9.17, 15) is 35.1 Å². The summed E-state index contributed by atoms with van der Waals surface area (Å²) in [6.07, 6.45) is 56.8. The number of hydrogen-bond donors (Lipinski definition) is 6. The molecule has 1 rings (SSSR count). The van der Waals surface area contributed by atoms with Gasteiger partial charge in [-0.1, -0.05) is 213 Å². The zero-order chi connectivity index (χ0) is 53.3. The summed E-state index contributed by atoms with van der Waals surface area (Å²) >= 11 is 0. The first-order valence-corrected chi connectivity index (χ1v) is 28.3. The van der Waals surface area contributed by atoms with Crippen LogP contribution >= 0.6 is 0 Å². The van der Waals surface area contributed by atoms with Crippen LogP contribution in [0.3, 0.4) is 0 Å². The zero-order valence-electron chi connectivity index (χ0n) is 45.4. The minimum atomic E-state index is -1.66.